The van der Waals surface area contributed by atoms with Gasteiger partial charge in [0.2, 0.25) is 0 Å². The van der Waals surface area contributed by atoms with Crippen LogP contribution in [0, 0.1) is 6.92 Å². The van der Waals surface area contributed by atoms with Crippen molar-refractivity contribution in [2.45, 2.75) is 20.3 Å². The van der Waals surface area contributed by atoms with E-state index in [0.29, 0.717) is 0 Å². The number of amides is 1. The smallest absolute Gasteiger partial charge is 0.265 e. The Morgan fingerprint density at radius 1 is 1.25 bits per heavy atom. The second kappa shape index (κ2) is 8.43. The maximum absolute atomic E-state index is 12.5. The van der Waals surface area contributed by atoms with Crippen LogP contribution >= 0.6 is 22.7 Å². The van der Waals surface area contributed by atoms with Gasteiger partial charge in [-0.2, -0.15) is 0 Å². The van der Waals surface area contributed by atoms with Gasteiger partial charge >= 0.3 is 0 Å². The van der Waals surface area contributed by atoms with Crippen molar-refractivity contribution in [2.75, 3.05) is 36.5 Å². The molecule has 0 radical (unpaired) electrons. The minimum Gasteiger partial charge on any atom is -0.378 e. The highest BCUT2D eigenvalue weighted by atomic mass is 32.1. The van der Waals surface area contributed by atoms with Crippen LogP contribution in [0.15, 0.2) is 35.7 Å². The number of carbonyl (C=O) groups excluding carboxylic acids is 1. The molecule has 28 heavy (non-hydrogen) atoms. The molecule has 4 rings (SSSR count). The molecule has 1 N–H and O–H groups in total. The lowest BCUT2D eigenvalue weighted by atomic mass is 10.1. The van der Waals surface area contributed by atoms with Gasteiger partial charge in [-0.1, -0.05) is 19.1 Å². The van der Waals surface area contributed by atoms with E-state index < -0.39 is 0 Å². The number of nitrogens with one attached hydrogen (secondary N) is 1. The van der Waals surface area contributed by atoms with Crippen LogP contribution in [0.25, 0.3) is 11.3 Å². The zero-order valence-electron chi connectivity index (χ0n) is 16.0. The predicted molar refractivity (Wildman–Crippen MR) is 117 cm³/mol. The van der Waals surface area contributed by atoms with E-state index in [9.17, 15) is 4.79 Å². The molecule has 146 valence electrons. The van der Waals surface area contributed by atoms with Crippen molar-refractivity contribution >= 4 is 39.4 Å². The minimum absolute atomic E-state index is 0.0520. The maximum atomic E-state index is 12.5. The number of aromatic nitrogens is 1. The number of carbonyl (C=O) groups is 1. The molecule has 1 aromatic carbocycles. The molecule has 0 atom stereocenters. The van der Waals surface area contributed by atoms with Crippen molar-refractivity contribution < 1.29 is 9.53 Å². The Kier molecular flexibility index (Phi) is 5.75. The van der Waals surface area contributed by atoms with E-state index >= 15 is 0 Å². The second-order valence-electron chi connectivity index (χ2n) is 6.72. The third-order valence-corrected chi connectivity index (χ3v) is 7.06. The largest absolute Gasteiger partial charge is 0.378 e. The van der Waals surface area contributed by atoms with E-state index in [2.05, 4.69) is 29.4 Å². The summed E-state index contributed by atoms with van der Waals surface area (Å²) in [5, 5.41) is 6.11. The number of rotatable bonds is 5. The SMILES string of the molecule is CCc1sc(C(=O)Nc2ccc(-c3csc(N4CCOCC4)n3)cc2)cc1C. The van der Waals surface area contributed by atoms with Gasteiger partial charge in [0, 0.05) is 34.6 Å². The summed E-state index contributed by atoms with van der Waals surface area (Å²) in [4.78, 5) is 21.6. The van der Waals surface area contributed by atoms with E-state index in [1.165, 1.54) is 10.4 Å². The summed E-state index contributed by atoms with van der Waals surface area (Å²) in [5.41, 5.74) is 3.99. The van der Waals surface area contributed by atoms with Crippen molar-refractivity contribution in [2.24, 2.45) is 0 Å². The van der Waals surface area contributed by atoms with Gasteiger partial charge in [-0.3, -0.25) is 4.79 Å². The third-order valence-electron chi connectivity index (χ3n) is 4.78. The van der Waals surface area contributed by atoms with Crippen molar-refractivity contribution in [3.63, 3.8) is 0 Å². The molecule has 3 heterocycles. The van der Waals surface area contributed by atoms with E-state index in [1.807, 2.05) is 30.3 Å². The first-order chi connectivity index (χ1) is 13.6. The number of benzene rings is 1. The summed E-state index contributed by atoms with van der Waals surface area (Å²) in [5.74, 6) is -0.0520. The maximum Gasteiger partial charge on any atom is 0.265 e. The molecule has 1 fully saturated rings. The average Bonchev–Trinajstić information content (AvgIpc) is 3.36. The summed E-state index contributed by atoms with van der Waals surface area (Å²) in [6.45, 7) is 7.46. The normalized spacial score (nSPS) is 14.3. The van der Waals surface area contributed by atoms with Crippen LogP contribution in [-0.2, 0) is 11.2 Å². The Bertz CT molecular complexity index is 956. The lowest BCUT2D eigenvalue weighted by molar-refractivity contribution is 0.103. The Morgan fingerprint density at radius 2 is 2.00 bits per heavy atom. The van der Waals surface area contributed by atoms with Crippen molar-refractivity contribution in [1.29, 1.82) is 0 Å². The fourth-order valence-electron chi connectivity index (χ4n) is 3.20. The minimum atomic E-state index is -0.0520. The standard InChI is InChI=1S/C21H23N3O2S2/c1-3-18-14(2)12-19(28-18)20(25)22-16-6-4-15(5-7-16)17-13-27-21(23-17)24-8-10-26-11-9-24/h4-7,12-13H,3,8-11H2,1-2H3,(H,22,25). The topological polar surface area (TPSA) is 54.5 Å². The summed E-state index contributed by atoms with van der Waals surface area (Å²) in [7, 11) is 0. The van der Waals surface area contributed by atoms with E-state index in [1.54, 1.807) is 22.7 Å². The number of thiazole rings is 1. The molecule has 1 aliphatic rings. The summed E-state index contributed by atoms with van der Waals surface area (Å²) >= 11 is 3.23. The van der Waals surface area contributed by atoms with Crippen LogP contribution in [-0.4, -0.2) is 37.2 Å². The highest BCUT2D eigenvalue weighted by Gasteiger charge is 2.16. The van der Waals surface area contributed by atoms with Gasteiger partial charge in [0.05, 0.1) is 23.8 Å². The molecule has 2 aromatic heterocycles. The quantitative estimate of drug-likeness (QED) is 0.651. The molecule has 0 saturated carbocycles. The zero-order chi connectivity index (χ0) is 19.5. The summed E-state index contributed by atoms with van der Waals surface area (Å²) in [6.07, 6.45) is 0.957. The van der Waals surface area contributed by atoms with Gasteiger partial charge in [-0.15, -0.1) is 22.7 Å². The highest BCUT2D eigenvalue weighted by Crippen LogP contribution is 2.29. The Labute approximate surface area is 173 Å². The number of hydrogen-bond acceptors (Lipinski definition) is 6. The van der Waals surface area contributed by atoms with Crippen LogP contribution in [0.5, 0.6) is 0 Å². The first-order valence-electron chi connectivity index (χ1n) is 9.43. The fourth-order valence-corrected chi connectivity index (χ4v) is 5.09. The molecule has 1 amide bonds. The van der Waals surface area contributed by atoms with Gasteiger partial charge in [0.25, 0.3) is 5.91 Å². The molecule has 0 bridgehead atoms. The van der Waals surface area contributed by atoms with Crippen molar-refractivity contribution in [3.05, 3.63) is 51.0 Å². The van der Waals surface area contributed by atoms with Gasteiger partial charge in [0.1, 0.15) is 0 Å². The van der Waals surface area contributed by atoms with Crippen LogP contribution in [0.4, 0.5) is 10.8 Å². The number of thiophene rings is 1. The van der Waals surface area contributed by atoms with Crippen LogP contribution in [0.1, 0.15) is 27.0 Å². The zero-order valence-corrected chi connectivity index (χ0v) is 17.7. The second-order valence-corrected chi connectivity index (χ2v) is 8.69. The van der Waals surface area contributed by atoms with Crippen LogP contribution < -0.4 is 10.2 Å². The van der Waals surface area contributed by atoms with Crippen molar-refractivity contribution in [1.82, 2.24) is 4.98 Å². The van der Waals surface area contributed by atoms with E-state index in [0.717, 1.165) is 59.7 Å². The molecule has 0 aliphatic carbocycles. The summed E-state index contributed by atoms with van der Waals surface area (Å²) < 4.78 is 5.41. The molecular formula is C21H23N3O2S2. The Balaban J connectivity index is 1.43. The lowest BCUT2D eigenvalue weighted by Crippen LogP contribution is -2.36. The molecule has 1 saturated heterocycles. The average molecular weight is 414 g/mol. The predicted octanol–water partition coefficient (Wildman–Crippen LogP) is 4.83. The van der Waals surface area contributed by atoms with Crippen LogP contribution in [0.2, 0.25) is 0 Å². The third kappa shape index (κ3) is 4.11. The van der Waals surface area contributed by atoms with Gasteiger partial charge in [0.15, 0.2) is 5.13 Å². The summed E-state index contributed by atoms with van der Waals surface area (Å²) in [6, 6.07) is 9.84. The monoisotopic (exact) mass is 413 g/mol. The number of morpholine rings is 1. The number of nitrogens with zero attached hydrogens (tertiary/aromatic N) is 2. The number of anilines is 2. The number of aryl methyl sites for hydroxylation is 2. The molecule has 1 aliphatic heterocycles. The molecule has 0 unspecified atom stereocenters. The molecular weight excluding hydrogens is 390 g/mol. The fraction of sp³-hybridized carbons (Fsp3) is 0.333. The molecule has 7 heteroatoms. The van der Waals surface area contributed by atoms with Gasteiger partial charge in [-0.25, -0.2) is 4.98 Å². The van der Waals surface area contributed by atoms with E-state index in [4.69, 9.17) is 9.72 Å². The Hall–Kier alpha value is -2.22. The first kappa shape index (κ1) is 19.1. The van der Waals surface area contributed by atoms with E-state index in [-0.39, 0.29) is 5.91 Å². The van der Waals surface area contributed by atoms with Crippen LogP contribution in [0.3, 0.4) is 0 Å². The molecule has 3 aromatic rings. The number of hydrogen-bond donors (Lipinski definition) is 1. The highest BCUT2D eigenvalue weighted by molar-refractivity contribution is 7.14. The van der Waals surface area contributed by atoms with Crippen molar-refractivity contribution in [3.8, 4) is 11.3 Å². The Morgan fingerprint density at radius 3 is 2.68 bits per heavy atom. The lowest BCUT2D eigenvalue weighted by Gasteiger charge is -2.26. The molecule has 5 nitrogen and oxygen atoms in total. The van der Waals surface area contributed by atoms with Gasteiger partial charge < -0.3 is 15.0 Å². The number of ether oxygens (including phenoxy) is 1. The first-order valence-corrected chi connectivity index (χ1v) is 11.1. The van der Waals surface area contributed by atoms with Gasteiger partial charge in [-0.05, 0) is 37.1 Å². The molecule has 0 spiro atoms.